The summed E-state index contributed by atoms with van der Waals surface area (Å²) in [6, 6.07) is 0.595. The van der Waals surface area contributed by atoms with E-state index in [2.05, 4.69) is 10.6 Å². The summed E-state index contributed by atoms with van der Waals surface area (Å²) < 4.78 is 16.4. The molecule has 1 aliphatic heterocycles. The van der Waals surface area contributed by atoms with Crippen LogP contribution in [0.15, 0.2) is 0 Å². The molecule has 0 aromatic carbocycles. The quantitative estimate of drug-likeness (QED) is 0.821. The first-order chi connectivity index (χ1) is 8.76. The molecule has 1 aliphatic rings. The Bertz CT molecular complexity index is 318. The maximum Gasteiger partial charge on any atom is 0.407 e. The number of hydrogen-bond donors (Lipinski definition) is 2. The van der Waals surface area contributed by atoms with Gasteiger partial charge in [-0.15, -0.1) is 0 Å². The minimum atomic E-state index is -0.628. The summed E-state index contributed by atoms with van der Waals surface area (Å²) in [5.74, 6) is 1.56. The third kappa shape index (κ3) is 7.52. The van der Waals surface area contributed by atoms with Crippen LogP contribution in [0.3, 0.4) is 0 Å². The number of hydrogen-bond acceptors (Lipinski definition) is 4. The van der Waals surface area contributed by atoms with Gasteiger partial charge in [0.25, 0.3) is 0 Å². The van der Waals surface area contributed by atoms with Gasteiger partial charge in [-0.05, 0) is 40.5 Å². The van der Waals surface area contributed by atoms with E-state index in [1.807, 2.05) is 27.7 Å². The molecule has 1 heterocycles. The van der Waals surface area contributed by atoms with Gasteiger partial charge in [0.1, 0.15) is 5.60 Å². The fourth-order valence-corrected chi connectivity index (χ4v) is 3.27. The minimum absolute atomic E-state index is 0.184. The molecule has 1 unspecified atom stereocenters. The van der Waals surface area contributed by atoms with Crippen LogP contribution in [-0.2, 0) is 15.5 Å². The van der Waals surface area contributed by atoms with Crippen molar-refractivity contribution < 1.29 is 13.7 Å². The van der Waals surface area contributed by atoms with Crippen molar-refractivity contribution in [2.75, 3.05) is 18.1 Å². The Morgan fingerprint density at radius 3 is 2.47 bits per heavy atom. The highest BCUT2D eigenvalue weighted by molar-refractivity contribution is 7.85. The lowest BCUT2D eigenvalue weighted by Crippen LogP contribution is -2.46. The van der Waals surface area contributed by atoms with Crippen LogP contribution in [0.25, 0.3) is 0 Å². The van der Waals surface area contributed by atoms with Gasteiger partial charge in [0.2, 0.25) is 0 Å². The Balaban J connectivity index is 2.19. The zero-order valence-electron chi connectivity index (χ0n) is 12.3. The highest BCUT2D eigenvalue weighted by atomic mass is 32.2. The van der Waals surface area contributed by atoms with Crippen molar-refractivity contribution in [1.29, 1.82) is 0 Å². The van der Waals surface area contributed by atoms with Crippen molar-refractivity contribution in [2.45, 2.75) is 58.2 Å². The molecule has 1 rings (SSSR count). The van der Waals surface area contributed by atoms with Crippen molar-refractivity contribution in [3.8, 4) is 0 Å². The van der Waals surface area contributed by atoms with Crippen LogP contribution in [0, 0.1) is 0 Å². The Morgan fingerprint density at radius 2 is 1.95 bits per heavy atom. The molecule has 1 atom stereocenters. The average Bonchev–Trinajstić information content (AvgIpc) is 2.27. The van der Waals surface area contributed by atoms with E-state index in [1.54, 1.807) is 0 Å². The van der Waals surface area contributed by atoms with Gasteiger partial charge in [-0.3, -0.25) is 4.21 Å². The van der Waals surface area contributed by atoms with Crippen molar-refractivity contribution in [1.82, 2.24) is 10.6 Å². The second kappa shape index (κ2) is 7.24. The first-order valence-electron chi connectivity index (χ1n) is 6.84. The number of amides is 1. The number of carbonyl (C=O) groups excluding carboxylic acids is 1. The van der Waals surface area contributed by atoms with Crippen molar-refractivity contribution in [3.05, 3.63) is 0 Å². The Kier molecular flexibility index (Phi) is 6.26. The molecule has 0 aromatic rings. The van der Waals surface area contributed by atoms with Gasteiger partial charge >= 0.3 is 6.09 Å². The highest BCUT2D eigenvalue weighted by Gasteiger charge is 2.20. The Hall–Kier alpha value is -0.620. The van der Waals surface area contributed by atoms with Gasteiger partial charge in [0, 0.05) is 40.9 Å². The predicted molar refractivity (Wildman–Crippen MR) is 77.7 cm³/mol. The van der Waals surface area contributed by atoms with Crippen LogP contribution in [0.5, 0.6) is 0 Å². The molecule has 5 nitrogen and oxygen atoms in total. The average molecular weight is 290 g/mol. The maximum atomic E-state index is 11.5. The second-order valence-corrected chi connectivity index (χ2v) is 7.77. The summed E-state index contributed by atoms with van der Waals surface area (Å²) in [4.78, 5) is 11.5. The van der Waals surface area contributed by atoms with Gasteiger partial charge in [-0.1, -0.05) is 0 Å². The van der Waals surface area contributed by atoms with E-state index in [1.165, 1.54) is 0 Å². The summed E-state index contributed by atoms with van der Waals surface area (Å²) >= 11 is 0. The van der Waals surface area contributed by atoms with E-state index in [9.17, 15) is 9.00 Å². The third-order valence-electron chi connectivity index (χ3n) is 2.86. The minimum Gasteiger partial charge on any atom is -0.444 e. The zero-order chi connectivity index (χ0) is 14.5. The lowest BCUT2D eigenvalue weighted by atomic mass is 10.1. The molecule has 0 aromatic heterocycles. The SMILES string of the molecule is CC(CNC(=O)OC(C)(C)C)NC1CCS(=O)CC1. The van der Waals surface area contributed by atoms with E-state index in [0.717, 1.165) is 24.3 Å². The van der Waals surface area contributed by atoms with Gasteiger partial charge in [0.05, 0.1) is 0 Å². The van der Waals surface area contributed by atoms with Crippen LogP contribution >= 0.6 is 0 Å². The Labute approximate surface area is 118 Å². The number of alkyl carbamates (subject to hydrolysis) is 1. The molecule has 112 valence electrons. The third-order valence-corrected chi connectivity index (χ3v) is 4.24. The molecule has 6 heteroatoms. The molecule has 0 spiro atoms. The van der Waals surface area contributed by atoms with Crippen LogP contribution in [0.2, 0.25) is 0 Å². The molecule has 1 saturated heterocycles. The number of carbonyl (C=O) groups is 1. The fourth-order valence-electron chi connectivity index (χ4n) is 1.97. The molecule has 1 amide bonds. The van der Waals surface area contributed by atoms with E-state index in [-0.39, 0.29) is 12.1 Å². The standard InChI is InChI=1S/C13H26N2O3S/c1-10(9-14-12(16)18-13(2,3)4)15-11-5-7-19(17)8-6-11/h10-11,15H,5-9H2,1-4H3,(H,14,16). The van der Waals surface area contributed by atoms with Gasteiger partial charge < -0.3 is 15.4 Å². The van der Waals surface area contributed by atoms with Crippen LogP contribution in [0.1, 0.15) is 40.5 Å². The summed E-state index contributed by atoms with van der Waals surface area (Å²) in [5, 5.41) is 6.21. The predicted octanol–water partition coefficient (Wildman–Crippen LogP) is 1.40. The number of nitrogens with one attached hydrogen (secondary N) is 2. The van der Waals surface area contributed by atoms with Gasteiger partial charge in [-0.2, -0.15) is 0 Å². The molecule has 19 heavy (non-hydrogen) atoms. The number of rotatable bonds is 4. The highest BCUT2D eigenvalue weighted by Crippen LogP contribution is 2.10. The van der Waals surface area contributed by atoms with E-state index >= 15 is 0 Å². The fraction of sp³-hybridized carbons (Fsp3) is 0.923. The van der Waals surface area contributed by atoms with Crippen LogP contribution in [0.4, 0.5) is 4.79 Å². The molecule has 0 aliphatic carbocycles. The lowest BCUT2D eigenvalue weighted by Gasteiger charge is -2.27. The van der Waals surface area contributed by atoms with Crippen molar-refractivity contribution in [3.63, 3.8) is 0 Å². The molecule has 0 radical (unpaired) electrons. The summed E-state index contributed by atoms with van der Waals surface area (Å²) in [6.07, 6.45) is 1.51. The van der Waals surface area contributed by atoms with E-state index in [4.69, 9.17) is 4.74 Å². The smallest absolute Gasteiger partial charge is 0.407 e. The van der Waals surface area contributed by atoms with Gasteiger partial charge in [-0.25, -0.2) is 4.79 Å². The monoisotopic (exact) mass is 290 g/mol. The molecule has 1 fully saturated rings. The summed E-state index contributed by atoms with van der Waals surface area (Å²) in [5.41, 5.74) is -0.464. The number of ether oxygens (including phenoxy) is 1. The molecular weight excluding hydrogens is 264 g/mol. The molecular formula is C13H26N2O3S. The first-order valence-corrected chi connectivity index (χ1v) is 8.33. The molecule has 2 N–H and O–H groups in total. The first kappa shape index (κ1) is 16.4. The summed E-state index contributed by atoms with van der Waals surface area (Å²) in [7, 11) is -0.628. The van der Waals surface area contributed by atoms with E-state index < -0.39 is 16.4 Å². The molecule has 0 bridgehead atoms. The normalized spacial score (nSPS) is 25.7. The second-order valence-electron chi connectivity index (χ2n) is 6.07. The summed E-state index contributed by atoms with van der Waals surface area (Å²) in [6.45, 7) is 8.10. The Morgan fingerprint density at radius 1 is 1.37 bits per heavy atom. The van der Waals surface area contributed by atoms with Crippen molar-refractivity contribution >= 4 is 16.9 Å². The van der Waals surface area contributed by atoms with Crippen molar-refractivity contribution in [2.24, 2.45) is 0 Å². The maximum absolute atomic E-state index is 11.5. The lowest BCUT2D eigenvalue weighted by molar-refractivity contribution is 0.0522. The van der Waals surface area contributed by atoms with Gasteiger partial charge in [0.15, 0.2) is 0 Å². The van der Waals surface area contributed by atoms with Crippen LogP contribution in [-0.4, -0.2) is 46.0 Å². The van der Waals surface area contributed by atoms with Crippen LogP contribution < -0.4 is 10.6 Å². The topological polar surface area (TPSA) is 67.4 Å². The van der Waals surface area contributed by atoms with E-state index in [0.29, 0.717) is 12.6 Å². The largest absolute Gasteiger partial charge is 0.444 e. The molecule has 0 saturated carbocycles. The zero-order valence-corrected chi connectivity index (χ0v) is 13.1.